The van der Waals surface area contributed by atoms with Crippen LogP contribution < -0.4 is 0 Å². The van der Waals surface area contributed by atoms with E-state index in [0.717, 1.165) is 45.0 Å². The standard InChI is InChI=1S/C25H27N3O3/c1-15-10-16(2)26-18(15)12-20-23(31-5)13-19(27-20)22-11-17-8-6-7-9-21(17)28(22)14-25(3,4)24(29)30/h6-13,26H,14H2,1-5H3,(H,29,30). The first-order valence-electron chi connectivity index (χ1n) is 10.2. The fourth-order valence-corrected chi connectivity index (χ4v) is 3.91. The van der Waals surface area contributed by atoms with E-state index in [1.807, 2.05) is 47.9 Å². The zero-order chi connectivity index (χ0) is 22.3. The highest BCUT2D eigenvalue weighted by Gasteiger charge is 2.30. The molecule has 0 saturated heterocycles. The number of fused-ring (bicyclic) bond motifs is 1. The van der Waals surface area contributed by atoms with E-state index in [9.17, 15) is 9.90 Å². The second-order valence-electron chi connectivity index (χ2n) is 8.65. The molecule has 2 aromatic heterocycles. The maximum atomic E-state index is 11.8. The van der Waals surface area contributed by atoms with Crippen molar-refractivity contribution in [3.05, 3.63) is 76.6 Å². The number of aliphatic carboxylic acids is 1. The van der Waals surface area contributed by atoms with E-state index < -0.39 is 11.4 Å². The van der Waals surface area contributed by atoms with Crippen molar-refractivity contribution in [1.82, 2.24) is 9.55 Å². The van der Waals surface area contributed by atoms with Crippen molar-refractivity contribution < 1.29 is 14.6 Å². The number of carboxylic acids is 1. The van der Waals surface area contributed by atoms with Gasteiger partial charge in [0.05, 0.1) is 23.9 Å². The van der Waals surface area contributed by atoms with Crippen LogP contribution in [-0.4, -0.2) is 33.4 Å². The number of hydrogen-bond acceptors (Lipinski definition) is 3. The molecule has 6 nitrogen and oxygen atoms in total. The summed E-state index contributed by atoms with van der Waals surface area (Å²) in [6, 6.07) is 12.1. The van der Waals surface area contributed by atoms with Crippen molar-refractivity contribution in [2.75, 3.05) is 7.11 Å². The Hall–Kier alpha value is -3.54. The van der Waals surface area contributed by atoms with Crippen LogP contribution in [0, 0.1) is 19.3 Å². The van der Waals surface area contributed by atoms with Crippen molar-refractivity contribution in [2.24, 2.45) is 10.4 Å². The molecule has 0 aliphatic carbocycles. The van der Waals surface area contributed by atoms with E-state index in [0.29, 0.717) is 12.3 Å². The SMILES string of the molecule is COC1=CC(c2cc3ccccc3n2CC(C)(C)C(=O)O)=NC1=Cc1[nH]c(C)cc1C. The Morgan fingerprint density at radius 3 is 2.65 bits per heavy atom. The number of nitrogens with zero attached hydrogens (tertiary/aromatic N) is 2. The molecular weight excluding hydrogens is 390 g/mol. The summed E-state index contributed by atoms with van der Waals surface area (Å²) >= 11 is 0. The third-order valence-corrected chi connectivity index (χ3v) is 5.66. The van der Waals surface area contributed by atoms with Crippen molar-refractivity contribution in [3.8, 4) is 0 Å². The number of carbonyl (C=O) groups is 1. The summed E-state index contributed by atoms with van der Waals surface area (Å²) < 4.78 is 7.65. The number of aliphatic imine (C=N–C) groups is 1. The zero-order valence-electron chi connectivity index (χ0n) is 18.5. The van der Waals surface area contributed by atoms with Crippen molar-refractivity contribution >= 4 is 28.7 Å². The van der Waals surface area contributed by atoms with E-state index >= 15 is 0 Å². The number of hydrogen-bond donors (Lipinski definition) is 2. The van der Waals surface area contributed by atoms with Gasteiger partial charge < -0.3 is 19.4 Å². The molecule has 0 amide bonds. The molecule has 0 bridgehead atoms. The Balaban J connectivity index is 1.85. The highest BCUT2D eigenvalue weighted by atomic mass is 16.5. The number of ether oxygens (including phenoxy) is 1. The number of rotatable bonds is 6. The van der Waals surface area contributed by atoms with Gasteiger partial charge in [0, 0.05) is 34.9 Å². The van der Waals surface area contributed by atoms with Crippen LogP contribution >= 0.6 is 0 Å². The molecule has 4 rings (SSSR count). The van der Waals surface area contributed by atoms with Gasteiger partial charge in [0.1, 0.15) is 11.5 Å². The summed E-state index contributed by atoms with van der Waals surface area (Å²) in [6.07, 6.45) is 3.90. The lowest BCUT2D eigenvalue weighted by atomic mass is 9.93. The Labute approximate surface area is 181 Å². The molecule has 160 valence electrons. The third kappa shape index (κ3) is 3.81. The van der Waals surface area contributed by atoms with Crippen molar-refractivity contribution in [3.63, 3.8) is 0 Å². The smallest absolute Gasteiger partial charge is 0.310 e. The molecule has 0 saturated carbocycles. The summed E-state index contributed by atoms with van der Waals surface area (Å²) in [4.78, 5) is 20.0. The number of allylic oxidation sites excluding steroid dienone is 1. The second-order valence-corrected chi connectivity index (χ2v) is 8.65. The minimum absolute atomic E-state index is 0.328. The molecule has 0 radical (unpaired) electrons. The molecule has 0 spiro atoms. The number of aromatic amines is 1. The molecule has 31 heavy (non-hydrogen) atoms. The van der Waals surface area contributed by atoms with E-state index in [2.05, 4.69) is 24.0 Å². The monoisotopic (exact) mass is 417 g/mol. The quantitative estimate of drug-likeness (QED) is 0.588. The lowest BCUT2D eigenvalue weighted by Crippen LogP contribution is -2.30. The van der Waals surface area contributed by atoms with Gasteiger partial charge in [-0.25, -0.2) is 4.99 Å². The summed E-state index contributed by atoms with van der Waals surface area (Å²) in [5.41, 5.74) is 5.63. The molecule has 1 aliphatic rings. The summed E-state index contributed by atoms with van der Waals surface area (Å²) in [5, 5.41) is 10.7. The summed E-state index contributed by atoms with van der Waals surface area (Å²) in [5.74, 6) is -0.160. The highest BCUT2D eigenvalue weighted by molar-refractivity contribution is 6.13. The summed E-state index contributed by atoms with van der Waals surface area (Å²) in [7, 11) is 1.63. The van der Waals surface area contributed by atoms with Gasteiger partial charge in [-0.2, -0.15) is 0 Å². The molecular formula is C25H27N3O3. The highest BCUT2D eigenvalue weighted by Crippen LogP contribution is 2.31. The first kappa shape index (κ1) is 20.7. The number of nitrogens with one attached hydrogen (secondary N) is 1. The first-order valence-corrected chi connectivity index (χ1v) is 10.2. The van der Waals surface area contributed by atoms with Gasteiger partial charge in [0.15, 0.2) is 0 Å². The normalized spacial score (nSPS) is 15.5. The lowest BCUT2D eigenvalue weighted by molar-refractivity contribution is -0.147. The van der Waals surface area contributed by atoms with Gasteiger partial charge in [0.25, 0.3) is 0 Å². The Bertz CT molecular complexity index is 1270. The third-order valence-electron chi connectivity index (χ3n) is 5.66. The maximum absolute atomic E-state index is 11.8. The molecule has 3 heterocycles. The lowest BCUT2D eigenvalue weighted by Gasteiger charge is -2.22. The molecule has 3 aromatic rings. The van der Waals surface area contributed by atoms with Crippen LogP contribution in [0.15, 0.2) is 58.9 Å². The van der Waals surface area contributed by atoms with Gasteiger partial charge >= 0.3 is 5.97 Å². The number of H-pyrrole nitrogens is 1. The zero-order valence-corrected chi connectivity index (χ0v) is 18.5. The van der Waals surface area contributed by atoms with Gasteiger partial charge in [-0.05, 0) is 57.5 Å². The largest absolute Gasteiger partial charge is 0.494 e. The number of para-hydroxylation sites is 1. The first-order chi connectivity index (χ1) is 14.7. The van der Waals surface area contributed by atoms with Gasteiger partial charge in [0.2, 0.25) is 0 Å². The Morgan fingerprint density at radius 2 is 2.00 bits per heavy atom. The number of aryl methyl sites for hydroxylation is 2. The Morgan fingerprint density at radius 1 is 1.26 bits per heavy atom. The molecule has 2 N–H and O–H groups in total. The van der Waals surface area contributed by atoms with Crippen molar-refractivity contribution in [2.45, 2.75) is 34.2 Å². The predicted octanol–water partition coefficient (Wildman–Crippen LogP) is 5.07. The van der Waals surface area contributed by atoms with E-state index in [1.165, 1.54) is 0 Å². The number of carboxylic acid groups (broad SMARTS) is 1. The van der Waals surface area contributed by atoms with Crippen LogP contribution in [0.3, 0.4) is 0 Å². The van der Waals surface area contributed by atoms with Crippen LogP contribution in [0.5, 0.6) is 0 Å². The topological polar surface area (TPSA) is 79.6 Å². The van der Waals surface area contributed by atoms with Crippen LogP contribution in [-0.2, 0) is 16.1 Å². The summed E-state index contributed by atoms with van der Waals surface area (Å²) in [6.45, 7) is 7.88. The van der Waals surface area contributed by atoms with Gasteiger partial charge in [-0.1, -0.05) is 18.2 Å². The van der Waals surface area contributed by atoms with Gasteiger partial charge in [-0.3, -0.25) is 4.79 Å². The molecule has 1 aromatic carbocycles. The number of benzene rings is 1. The van der Waals surface area contributed by atoms with E-state index in [1.54, 1.807) is 21.0 Å². The maximum Gasteiger partial charge on any atom is 0.310 e. The fourth-order valence-electron chi connectivity index (χ4n) is 3.91. The average Bonchev–Trinajstić information content (AvgIpc) is 3.37. The second kappa shape index (κ2) is 7.61. The Kier molecular flexibility index (Phi) is 5.09. The van der Waals surface area contributed by atoms with Crippen LogP contribution in [0.2, 0.25) is 0 Å². The van der Waals surface area contributed by atoms with Crippen LogP contribution in [0.4, 0.5) is 0 Å². The number of aromatic nitrogens is 2. The minimum Gasteiger partial charge on any atom is -0.494 e. The predicted molar refractivity (Wildman–Crippen MR) is 123 cm³/mol. The van der Waals surface area contributed by atoms with E-state index in [4.69, 9.17) is 9.73 Å². The average molecular weight is 418 g/mol. The molecule has 0 atom stereocenters. The molecule has 0 fully saturated rings. The van der Waals surface area contributed by atoms with E-state index in [-0.39, 0.29) is 0 Å². The molecule has 1 aliphatic heterocycles. The minimum atomic E-state index is -0.930. The van der Waals surface area contributed by atoms with Crippen LogP contribution in [0.25, 0.3) is 17.0 Å². The molecule has 0 unspecified atom stereocenters. The molecule has 6 heteroatoms. The fraction of sp³-hybridized carbons (Fsp3) is 0.280. The van der Waals surface area contributed by atoms with Crippen molar-refractivity contribution in [1.29, 1.82) is 0 Å². The number of methoxy groups -OCH3 is 1. The van der Waals surface area contributed by atoms with Crippen LogP contribution in [0.1, 0.15) is 36.5 Å². The van der Waals surface area contributed by atoms with Gasteiger partial charge in [-0.15, -0.1) is 0 Å².